The van der Waals surface area contributed by atoms with Gasteiger partial charge in [0, 0.05) is 6.54 Å². The number of aromatic nitrogens is 2. The summed E-state index contributed by atoms with van der Waals surface area (Å²) in [7, 11) is -3.41. The zero-order chi connectivity index (χ0) is 14.2. The molecule has 2 aromatic heterocycles. The van der Waals surface area contributed by atoms with Gasteiger partial charge >= 0.3 is 0 Å². The van der Waals surface area contributed by atoms with Crippen molar-refractivity contribution in [2.75, 3.05) is 6.54 Å². The number of nitrogens with zero attached hydrogens (tertiary/aromatic N) is 2. The molecule has 3 heterocycles. The van der Waals surface area contributed by atoms with Crippen molar-refractivity contribution in [2.24, 2.45) is 0 Å². The van der Waals surface area contributed by atoms with Crippen molar-refractivity contribution >= 4 is 21.4 Å². The Bertz CT molecular complexity index is 676. The first-order valence-corrected chi connectivity index (χ1v) is 8.98. The first kappa shape index (κ1) is 13.8. The van der Waals surface area contributed by atoms with Crippen LogP contribution in [0.2, 0.25) is 0 Å². The van der Waals surface area contributed by atoms with Gasteiger partial charge < -0.3 is 0 Å². The molecule has 0 aliphatic carbocycles. The van der Waals surface area contributed by atoms with Gasteiger partial charge in [-0.3, -0.25) is 5.10 Å². The molecule has 20 heavy (non-hydrogen) atoms. The monoisotopic (exact) mass is 311 g/mol. The summed E-state index contributed by atoms with van der Waals surface area (Å²) >= 11 is 1.27. The molecule has 0 spiro atoms. The lowest BCUT2D eigenvalue weighted by molar-refractivity contribution is 0.251. The second kappa shape index (κ2) is 5.31. The van der Waals surface area contributed by atoms with E-state index in [0.29, 0.717) is 10.8 Å². The van der Waals surface area contributed by atoms with Gasteiger partial charge in [-0.1, -0.05) is 12.5 Å². The van der Waals surface area contributed by atoms with Crippen molar-refractivity contribution in [3.8, 4) is 0 Å². The highest BCUT2D eigenvalue weighted by molar-refractivity contribution is 7.91. The molecular weight excluding hydrogens is 294 g/mol. The number of sulfonamides is 1. The summed E-state index contributed by atoms with van der Waals surface area (Å²) in [5.74, 6) is 0. The van der Waals surface area contributed by atoms with E-state index in [9.17, 15) is 8.42 Å². The van der Waals surface area contributed by atoms with Gasteiger partial charge in [0.05, 0.1) is 17.9 Å². The van der Waals surface area contributed by atoms with Gasteiger partial charge in [0.1, 0.15) is 4.21 Å². The van der Waals surface area contributed by atoms with E-state index in [4.69, 9.17) is 0 Å². The molecule has 2 aromatic rings. The molecule has 1 saturated heterocycles. The maximum absolute atomic E-state index is 12.8. The molecule has 7 heteroatoms. The summed E-state index contributed by atoms with van der Waals surface area (Å²) in [6.07, 6.45) is 4.54. The Kier molecular flexibility index (Phi) is 3.66. The molecule has 1 aliphatic heterocycles. The third-order valence-corrected chi connectivity index (χ3v) is 6.99. The summed E-state index contributed by atoms with van der Waals surface area (Å²) in [4.78, 5) is 0. The van der Waals surface area contributed by atoms with Gasteiger partial charge in [-0.15, -0.1) is 11.3 Å². The van der Waals surface area contributed by atoms with Gasteiger partial charge in [-0.05, 0) is 36.8 Å². The van der Waals surface area contributed by atoms with Crippen molar-refractivity contribution in [3.05, 3.63) is 35.0 Å². The van der Waals surface area contributed by atoms with Crippen LogP contribution in [0.4, 0.5) is 0 Å². The van der Waals surface area contributed by atoms with Crippen molar-refractivity contribution in [3.63, 3.8) is 0 Å². The van der Waals surface area contributed by atoms with Crippen LogP contribution in [0, 0.1) is 6.92 Å². The minimum Gasteiger partial charge on any atom is -0.281 e. The number of piperidine rings is 1. The predicted molar refractivity (Wildman–Crippen MR) is 78.1 cm³/mol. The molecular formula is C13H17N3O2S2. The van der Waals surface area contributed by atoms with E-state index < -0.39 is 10.0 Å². The summed E-state index contributed by atoms with van der Waals surface area (Å²) in [6, 6.07) is 3.32. The molecule has 3 rings (SSSR count). The summed E-state index contributed by atoms with van der Waals surface area (Å²) < 4.78 is 27.6. The fourth-order valence-electron chi connectivity index (χ4n) is 2.70. The van der Waals surface area contributed by atoms with E-state index in [1.165, 1.54) is 11.3 Å². The van der Waals surface area contributed by atoms with Crippen LogP contribution >= 0.6 is 11.3 Å². The lowest BCUT2D eigenvalue weighted by Crippen LogP contribution is -2.38. The molecule has 1 unspecified atom stereocenters. The van der Waals surface area contributed by atoms with Gasteiger partial charge in [0.25, 0.3) is 10.0 Å². The number of nitrogens with one attached hydrogen (secondary N) is 1. The molecule has 0 saturated carbocycles. The standard InChI is InChI=1S/C13H17N3O2S2/c1-10-9-14-15-13(10)11-5-2-3-7-16(11)20(17,18)12-6-4-8-19-12/h4,6,8-9,11H,2-3,5,7H2,1H3,(H,14,15). The Morgan fingerprint density at radius 2 is 2.30 bits per heavy atom. The highest BCUT2D eigenvalue weighted by Crippen LogP contribution is 2.36. The second-order valence-corrected chi connectivity index (χ2v) is 8.09. The maximum atomic E-state index is 12.8. The number of H-pyrrole nitrogens is 1. The highest BCUT2D eigenvalue weighted by atomic mass is 32.2. The third-order valence-electron chi connectivity index (χ3n) is 3.71. The number of hydrogen-bond acceptors (Lipinski definition) is 4. The lowest BCUT2D eigenvalue weighted by atomic mass is 10.00. The van der Waals surface area contributed by atoms with E-state index in [1.807, 2.05) is 6.92 Å². The van der Waals surface area contributed by atoms with E-state index in [-0.39, 0.29) is 6.04 Å². The maximum Gasteiger partial charge on any atom is 0.253 e. The normalized spacial score (nSPS) is 21.1. The highest BCUT2D eigenvalue weighted by Gasteiger charge is 2.36. The van der Waals surface area contributed by atoms with Gasteiger partial charge in [-0.2, -0.15) is 9.40 Å². The molecule has 1 atom stereocenters. The quantitative estimate of drug-likeness (QED) is 0.947. The average Bonchev–Trinajstić information content (AvgIpc) is 3.10. The summed E-state index contributed by atoms with van der Waals surface area (Å²) in [6.45, 7) is 2.53. The largest absolute Gasteiger partial charge is 0.281 e. The lowest BCUT2D eigenvalue weighted by Gasteiger charge is -2.34. The molecule has 1 aliphatic rings. The van der Waals surface area contributed by atoms with Crippen LogP contribution < -0.4 is 0 Å². The Morgan fingerprint density at radius 1 is 1.45 bits per heavy atom. The summed E-state index contributed by atoms with van der Waals surface area (Å²) in [5.41, 5.74) is 1.94. The van der Waals surface area contributed by atoms with Crippen LogP contribution in [0.15, 0.2) is 27.9 Å². The van der Waals surface area contributed by atoms with Crippen molar-refractivity contribution in [1.29, 1.82) is 0 Å². The van der Waals surface area contributed by atoms with Crippen LogP contribution in [0.3, 0.4) is 0 Å². The number of aryl methyl sites for hydroxylation is 1. The fraction of sp³-hybridized carbons (Fsp3) is 0.462. The summed E-state index contributed by atoms with van der Waals surface area (Å²) in [5, 5.41) is 8.80. The first-order chi connectivity index (χ1) is 9.60. The van der Waals surface area contributed by atoms with Crippen LogP contribution in [0.5, 0.6) is 0 Å². The number of thiophene rings is 1. The Morgan fingerprint density at radius 3 is 2.95 bits per heavy atom. The molecule has 0 amide bonds. The average molecular weight is 311 g/mol. The molecule has 0 bridgehead atoms. The zero-order valence-electron chi connectivity index (χ0n) is 11.2. The van der Waals surface area contributed by atoms with Crippen molar-refractivity contribution < 1.29 is 8.42 Å². The van der Waals surface area contributed by atoms with Crippen molar-refractivity contribution in [2.45, 2.75) is 36.4 Å². The topological polar surface area (TPSA) is 66.1 Å². The first-order valence-electron chi connectivity index (χ1n) is 6.66. The van der Waals surface area contributed by atoms with Gasteiger partial charge in [0.2, 0.25) is 0 Å². The number of rotatable bonds is 3. The third kappa shape index (κ3) is 2.30. The smallest absolute Gasteiger partial charge is 0.253 e. The molecule has 108 valence electrons. The van der Waals surface area contributed by atoms with Crippen LogP contribution in [-0.2, 0) is 10.0 Å². The van der Waals surface area contributed by atoms with Crippen LogP contribution in [0.1, 0.15) is 36.6 Å². The molecule has 0 radical (unpaired) electrons. The molecule has 5 nitrogen and oxygen atoms in total. The molecule has 0 aromatic carbocycles. The van der Waals surface area contributed by atoms with Gasteiger partial charge in [0.15, 0.2) is 0 Å². The minimum atomic E-state index is -3.41. The van der Waals surface area contributed by atoms with Gasteiger partial charge in [-0.25, -0.2) is 8.42 Å². The Hall–Kier alpha value is -1.18. The van der Waals surface area contributed by atoms with E-state index in [1.54, 1.807) is 28.0 Å². The Balaban J connectivity index is 2.00. The molecule has 1 fully saturated rings. The van der Waals surface area contributed by atoms with E-state index in [0.717, 1.165) is 30.5 Å². The number of aromatic amines is 1. The minimum absolute atomic E-state index is 0.127. The fourth-order valence-corrected chi connectivity index (χ4v) is 5.49. The second-order valence-electron chi connectivity index (χ2n) is 5.03. The van der Waals surface area contributed by atoms with Crippen LogP contribution in [-0.4, -0.2) is 29.5 Å². The van der Waals surface area contributed by atoms with E-state index >= 15 is 0 Å². The van der Waals surface area contributed by atoms with Crippen molar-refractivity contribution in [1.82, 2.24) is 14.5 Å². The zero-order valence-corrected chi connectivity index (χ0v) is 12.9. The van der Waals surface area contributed by atoms with E-state index in [2.05, 4.69) is 10.2 Å². The molecule has 1 N–H and O–H groups in total. The van der Waals surface area contributed by atoms with Crippen LogP contribution in [0.25, 0.3) is 0 Å². The SMILES string of the molecule is Cc1cn[nH]c1C1CCCCN1S(=O)(=O)c1cccs1. The predicted octanol–water partition coefficient (Wildman–Crippen LogP) is 2.70. The number of hydrogen-bond donors (Lipinski definition) is 1. The Labute approximate surface area is 122 Å².